The first-order chi connectivity index (χ1) is 11.8. The van der Waals surface area contributed by atoms with Gasteiger partial charge >= 0.3 is 0 Å². The van der Waals surface area contributed by atoms with E-state index in [4.69, 9.17) is 4.42 Å². The first kappa shape index (κ1) is 16.5. The molecule has 1 atom stereocenters. The minimum absolute atomic E-state index is 0.0710. The van der Waals surface area contributed by atoms with Crippen LogP contribution < -0.4 is 5.32 Å². The average Bonchev–Trinajstić information content (AvgIpc) is 3.17. The Hall–Kier alpha value is -2.40. The lowest BCUT2D eigenvalue weighted by molar-refractivity contribution is -0.117. The van der Waals surface area contributed by atoms with Gasteiger partial charge in [-0.3, -0.25) is 14.5 Å². The smallest absolute Gasteiger partial charge is 0.295 e. The van der Waals surface area contributed by atoms with E-state index in [-0.39, 0.29) is 11.8 Å². The Kier molecular flexibility index (Phi) is 5.43. The Morgan fingerprint density at radius 2 is 1.79 bits per heavy atom. The Morgan fingerprint density at radius 3 is 2.46 bits per heavy atom. The molecule has 0 aliphatic carbocycles. The number of hydrogen-bond donors (Lipinski definition) is 1. The average molecular weight is 326 g/mol. The number of nitrogens with one attached hydrogen (secondary N) is 1. The Labute approximate surface area is 141 Å². The van der Waals surface area contributed by atoms with Crippen molar-refractivity contribution in [3.63, 3.8) is 0 Å². The van der Waals surface area contributed by atoms with Gasteiger partial charge in [0, 0.05) is 6.54 Å². The van der Waals surface area contributed by atoms with Gasteiger partial charge < -0.3 is 9.73 Å². The Balaban J connectivity index is 1.67. The molecular weight excluding hydrogens is 304 g/mol. The summed E-state index contributed by atoms with van der Waals surface area (Å²) in [5.74, 6) is -1.19. The van der Waals surface area contributed by atoms with Gasteiger partial charge in [0.05, 0.1) is 12.3 Å². The van der Waals surface area contributed by atoms with Crippen molar-refractivity contribution < 1.29 is 14.0 Å². The fraction of sp³-hybridized carbons (Fsp3) is 0.368. The van der Waals surface area contributed by atoms with E-state index in [1.165, 1.54) is 31.6 Å². The van der Waals surface area contributed by atoms with Crippen LogP contribution in [-0.2, 0) is 4.79 Å². The van der Waals surface area contributed by atoms with Gasteiger partial charge in [-0.1, -0.05) is 36.8 Å². The molecule has 2 aromatic rings. The van der Waals surface area contributed by atoms with Crippen LogP contribution in [0.25, 0.3) is 0 Å². The normalized spacial score (nSPS) is 16.5. The van der Waals surface area contributed by atoms with Crippen LogP contribution in [0.5, 0.6) is 0 Å². The lowest BCUT2D eigenvalue weighted by Gasteiger charge is -2.35. The van der Waals surface area contributed by atoms with E-state index in [1.807, 2.05) is 18.2 Å². The molecule has 0 radical (unpaired) electrons. The third-order valence-corrected chi connectivity index (χ3v) is 4.42. The van der Waals surface area contributed by atoms with Crippen LogP contribution in [0.3, 0.4) is 0 Å². The molecule has 1 aliphatic rings. The first-order valence-corrected chi connectivity index (χ1v) is 8.41. The Morgan fingerprint density at radius 1 is 1.04 bits per heavy atom. The highest BCUT2D eigenvalue weighted by Gasteiger charge is 2.25. The van der Waals surface area contributed by atoms with Crippen molar-refractivity contribution in [3.8, 4) is 0 Å². The molecule has 5 nitrogen and oxygen atoms in total. The SMILES string of the molecule is O=C(NC[C@@H](c1ccccc1)N1CCCCC1)C(=O)c1ccco1. The molecule has 5 heteroatoms. The second-order valence-corrected chi connectivity index (χ2v) is 6.04. The molecule has 0 bridgehead atoms. The fourth-order valence-electron chi connectivity index (χ4n) is 3.15. The number of nitrogens with zero attached hydrogens (tertiary/aromatic N) is 1. The summed E-state index contributed by atoms with van der Waals surface area (Å²) in [6.45, 7) is 2.44. The van der Waals surface area contributed by atoms with Crippen molar-refractivity contribution in [1.29, 1.82) is 0 Å². The van der Waals surface area contributed by atoms with Crippen LogP contribution in [0.2, 0.25) is 0 Å². The highest BCUT2D eigenvalue weighted by Crippen LogP contribution is 2.24. The maximum atomic E-state index is 12.1. The van der Waals surface area contributed by atoms with E-state index in [9.17, 15) is 9.59 Å². The van der Waals surface area contributed by atoms with Crippen molar-refractivity contribution in [2.75, 3.05) is 19.6 Å². The van der Waals surface area contributed by atoms with Gasteiger partial charge in [-0.2, -0.15) is 0 Å². The number of rotatable bonds is 6. The summed E-state index contributed by atoms with van der Waals surface area (Å²) in [6, 6.07) is 13.3. The number of ketones is 1. The zero-order chi connectivity index (χ0) is 16.8. The molecule has 1 fully saturated rings. The molecule has 0 spiro atoms. The molecule has 1 saturated heterocycles. The third kappa shape index (κ3) is 3.92. The zero-order valence-electron chi connectivity index (χ0n) is 13.6. The maximum Gasteiger partial charge on any atom is 0.295 e. The van der Waals surface area contributed by atoms with Crippen molar-refractivity contribution in [3.05, 3.63) is 60.1 Å². The summed E-state index contributed by atoms with van der Waals surface area (Å²) in [5, 5.41) is 2.78. The van der Waals surface area contributed by atoms with Crippen molar-refractivity contribution in [2.24, 2.45) is 0 Å². The monoisotopic (exact) mass is 326 g/mol. The summed E-state index contributed by atoms with van der Waals surface area (Å²) in [6.07, 6.45) is 4.98. The van der Waals surface area contributed by atoms with Crippen LogP contribution >= 0.6 is 0 Å². The number of carbonyl (C=O) groups excluding carboxylic acids is 2. The van der Waals surface area contributed by atoms with E-state index >= 15 is 0 Å². The van der Waals surface area contributed by atoms with Gasteiger partial charge in [-0.15, -0.1) is 0 Å². The second kappa shape index (κ2) is 7.93. The number of carbonyl (C=O) groups is 2. The molecule has 1 amide bonds. The summed E-state index contributed by atoms with van der Waals surface area (Å²) < 4.78 is 5.00. The lowest BCUT2D eigenvalue weighted by atomic mass is 10.0. The van der Waals surface area contributed by atoms with Gasteiger partial charge in [-0.25, -0.2) is 0 Å². The number of amides is 1. The van der Waals surface area contributed by atoms with E-state index < -0.39 is 11.7 Å². The minimum atomic E-state index is -0.634. The number of hydrogen-bond acceptors (Lipinski definition) is 4. The molecule has 0 unspecified atom stereocenters. The van der Waals surface area contributed by atoms with Gasteiger partial charge in [-0.05, 0) is 43.6 Å². The fourth-order valence-corrected chi connectivity index (χ4v) is 3.15. The van der Waals surface area contributed by atoms with Gasteiger partial charge in [0.1, 0.15) is 0 Å². The third-order valence-electron chi connectivity index (χ3n) is 4.42. The molecule has 0 saturated carbocycles. The molecule has 1 N–H and O–H groups in total. The van der Waals surface area contributed by atoms with Crippen LogP contribution in [0, 0.1) is 0 Å². The van der Waals surface area contributed by atoms with Crippen LogP contribution in [0.1, 0.15) is 41.4 Å². The number of benzene rings is 1. The van der Waals surface area contributed by atoms with E-state index in [0.29, 0.717) is 6.54 Å². The number of furan rings is 1. The summed E-state index contributed by atoms with van der Waals surface area (Å²) in [5.41, 5.74) is 1.16. The highest BCUT2D eigenvalue weighted by atomic mass is 16.3. The number of piperidine rings is 1. The van der Waals surface area contributed by atoms with E-state index in [2.05, 4.69) is 22.3 Å². The van der Waals surface area contributed by atoms with Gasteiger partial charge in [0.25, 0.3) is 11.7 Å². The summed E-state index contributed by atoms with van der Waals surface area (Å²) in [7, 11) is 0. The highest BCUT2D eigenvalue weighted by molar-refractivity contribution is 6.42. The number of likely N-dealkylation sites (tertiary alicyclic amines) is 1. The lowest BCUT2D eigenvalue weighted by Crippen LogP contribution is -2.42. The predicted molar refractivity (Wildman–Crippen MR) is 90.7 cm³/mol. The summed E-state index contributed by atoms with van der Waals surface area (Å²) >= 11 is 0. The predicted octanol–water partition coefficient (Wildman–Crippen LogP) is 2.81. The zero-order valence-corrected chi connectivity index (χ0v) is 13.6. The number of Topliss-reactive ketones (excluding diaryl/α,β-unsaturated/α-hetero) is 1. The van der Waals surface area contributed by atoms with Crippen molar-refractivity contribution >= 4 is 11.7 Å². The van der Waals surface area contributed by atoms with E-state index in [1.54, 1.807) is 6.07 Å². The maximum absolute atomic E-state index is 12.1. The van der Waals surface area contributed by atoms with Crippen molar-refractivity contribution in [1.82, 2.24) is 10.2 Å². The molecule has 2 heterocycles. The molecule has 1 aromatic carbocycles. The molecule has 24 heavy (non-hydrogen) atoms. The second-order valence-electron chi connectivity index (χ2n) is 6.04. The quantitative estimate of drug-likeness (QED) is 0.655. The largest absolute Gasteiger partial charge is 0.461 e. The standard InChI is InChI=1S/C19H22N2O3/c22-18(17-10-7-13-24-17)19(23)20-14-16(15-8-3-1-4-9-15)21-11-5-2-6-12-21/h1,3-4,7-10,13,16H,2,5-6,11-12,14H2,(H,20,23)/t16-/m0/s1. The van der Waals surface area contributed by atoms with Gasteiger partial charge in [0.2, 0.25) is 0 Å². The van der Waals surface area contributed by atoms with Crippen LogP contribution in [0.4, 0.5) is 0 Å². The van der Waals surface area contributed by atoms with E-state index in [0.717, 1.165) is 18.7 Å². The molecular formula is C19H22N2O3. The van der Waals surface area contributed by atoms with Crippen LogP contribution in [-0.4, -0.2) is 36.2 Å². The molecule has 3 rings (SSSR count). The summed E-state index contributed by atoms with van der Waals surface area (Å²) in [4.78, 5) is 26.5. The minimum Gasteiger partial charge on any atom is -0.461 e. The topological polar surface area (TPSA) is 62.6 Å². The van der Waals surface area contributed by atoms with Crippen molar-refractivity contribution in [2.45, 2.75) is 25.3 Å². The molecule has 1 aliphatic heterocycles. The first-order valence-electron chi connectivity index (χ1n) is 8.41. The van der Waals surface area contributed by atoms with Crippen LogP contribution in [0.15, 0.2) is 53.1 Å². The Bertz CT molecular complexity index is 661. The molecule has 1 aromatic heterocycles. The van der Waals surface area contributed by atoms with Gasteiger partial charge in [0.15, 0.2) is 5.76 Å². The molecule has 126 valence electrons.